The molecule has 0 aliphatic carbocycles. The second-order valence-corrected chi connectivity index (χ2v) is 6.11. The molecule has 2 heteroatoms. The lowest BCUT2D eigenvalue weighted by atomic mass is 9.87. The maximum Gasteiger partial charge on any atom is 0.120 e. The summed E-state index contributed by atoms with van der Waals surface area (Å²) in [7, 11) is 0. The molecule has 0 aliphatic heterocycles. The Morgan fingerprint density at radius 1 is 1.21 bits per heavy atom. The van der Waals surface area contributed by atoms with E-state index in [-0.39, 0.29) is 11.5 Å². The summed E-state index contributed by atoms with van der Waals surface area (Å²) in [5, 5.41) is 3.37. The highest BCUT2D eigenvalue weighted by molar-refractivity contribution is 5.32. The number of ether oxygens (including phenoxy) is 1. The van der Waals surface area contributed by atoms with Crippen LogP contribution in [0.2, 0.25) is 0 Å². The zero-order valence-electron chi connectivity index (χ0n) is 13.1. The summed E-state index contributed by atoms with van der Waals surface area (Å²) in [6.07, 6.45) is 2.50. The molecule has 1 N–H and O–H groups in total. The fourth-order valence-corrected chi connectivity index (χ4v) is 2.06. The van der Waals surface area contributed by atoms with Gasteiger partial charge in [-0.3, -0.25) is 0 Å². The van der Waals surface area contributed by atoms with E-state index >= 15 is 0 Å². The van der Waals surface area contributed by atoms with Gasteiger partial charge in [0.2, 0.25) is 0 Å². The molecule has 0 aromatic heterocycles. The van der Waals surface area contributed by atoms with E-state index in [4.69, 9.17) is 4.74 Å². The zero-order chi connectivity index (χ0) is 14.3. The third-order valence-corrected chi connectivity index (χ3v) is 3.24. The Balaban J connectivity index is 2.73. The van der Waals surface area contributed by atoms with Crippen molar-refractivity contribution in [2.24, 2.45) is 0 Å². The van der Waals surface area contributed by atoms with Gasteiger partial charge in [0, 0.05) is 6.54 Å². The first-order chi connectivity index (χ1) is 8.97. The van der Waals surface area contributed by atoms with Gasteiger partial charge >= 0.3 is 0 Å². The average molecular weight is 263 g/mol. The van der Waals surface area contributed by atoms with Gasteiger partial charge in [-0.1, -0.05) is 53.2 Å². The van der Waals surface area contributed by atoms with Gasteiger partial charge in [0.25, 0.3) is 0 Å². The van der Waals surface area contributed by atoms with Crippen molar-refractivity contribution in [2.75, 3.05) is 13.1 Å². The standard InChI is InChI=1S/C17H29NO/c1-6-9-16(13-18-7-2)19-15-11-8-10-14(12-15)17(3,4)5/h8,10-12,16,18H,6-7,9,13H2,1-5H3. The Bertz CT molecular complexity index is 368. The summed E-state index contributed by atoms with van der Waals surface area (Å²) in [6.45, 7) is 12.9. The van der Waals surface area contributed by atoms with Crippen molar-refractivity contribution in [1.29, 1.82) is 0 Å². The van der Waals surface area contributed by atoms with Crippen LogP contribution in [0.4, 0.5) is 0 Å². The number of nitrogens with one attached hydrogen (secondary N) is 1. The highest BCUT2D eigenvalue weighted by Gasteiger charge is 2.15. The van der Waals surface area contributed by atoms with Crippen molar-refractivity contribution < 1.29 is 4.74 Å². The van der Waals surface area contributed by atoms with Gasteiger partial charge in [-0.25, -0.2) is 0 Å². The minimum absolute atomic E-state index is 0.168. The predicted molar refractivity (Wildman–Crippen MR) is 83.0 cm³/mol. The van der Waals surface area contributed by atoms with Crippen LogP contribution in [0.15, 0.2) is 24.3 Å². The molecule has 0 radical (unpaired) electrons. The molecule has 0 heterocycles. The second kappa shape index (κ2) is 7.54. The van der Waals surface area contributed by atoms with Gasteiger partial charge in [0.1, 0.15) is 11.9 Å². The van der Waals surface area contributed by atoms with Crippen LogP contribution >= 0.6 is 0 Å². The van der Waals surface area contributed by atoms with Crippen molar-refractivity contribution in [3.63, 3.8) is 0 Å². The predicted octanol–water partition coefficient (Wildman–Crippen LogP) is 4.14. The maximum atomic E-state index is 6.13. The van der Waals surface area contributed by atoms with Crippen LogP contribution in [0.1, 0.15) is 53.0 Å². The summed E-state index contributed by atoms with van der Waals surface area (Å²) in [4.78, 5) is 0. The van der Waals surface area contributed by atoms with E-state index in [1.807, 2.05) is 0 Å². The highest BCUT2D eigenvalue weighted by atomic mass is 16.5. The van der Waals surface area contributed by atoms with Crippen molar-refractivity contribution in [3.05, 3.63) is 29.8 Å². The van der Waals surface area contributed by atoms with E-state index in [0.717, 1.165) is 31.7 Å². The van der Waals surface area contributed by atoms with Gasteiger partial charge in [-0.2, -0.15) is 0 Å². The Hall–Kier alpha value is -1.02. The van der Waals surface area contributed by atoms with E-state index in [1.54, 1.807) is 0 Å². The van der Waals surface area contributed by atoms with E-state index in [1.165, 1.54) is 5.56 Å². The van der Waals surface area contributed by atoms with Crippen LogP contribution in [0.25, 0.3) is 0 Å². The van der Waals surface area contributed by atoms with Gasteiger partial charge in [0.05, 0.1) is 0 Å². The van der Waals surface area contributed by atoms with Crippen molar-refractivity contribution in [2.45, 2.75) is 59.0 Å². The van der Waals surface area contributed by atoms with Crippen LogP contribution in [-0.4, -0.2) is 19.2 Å². The Labute approximate surface area is 118 Å². The maximum absolute atomic E-state index is 6.13. The summed E-state index contributed by atoms with van der Waals surface area (Å²) in [5.74, 6) is 0.990. The van der Waals surface area contributed by atoms with Gasteiger partial charge in [-0.05, 0) is 36.1 Å². The molecule has 1 unspecified atom stereocenters. The summed E-state index contributed by atoms with van der Waals surface area (Å²) < 4.78 is 6.13. The molecule has 2 nitrogen and oxygen atoms in total. The SMILES string of the molecule is CCCC(CNCC)Oc1cccc(C(C)(C)C)c1. The third-order valence-electron chi connectivity index (χ3n) is 3.24. The first kappa shape index (κ1) is 16.0. The van der Waals surface area contributed by atoms with Gasteiger partial charge in [-0.15, -0.1) is 0 Å². The lowest BCUT2D eigenvalue weighted by molar-refractivity contribution is 0.187. The van der Waals surface area contributed by atoms with Crippen LogP contribution in [0.5, 0.6) is 5.75 Å². The molecular weight excluding hydrogens is 234 g/mol. The number of benzene rings is 1. The van der Waals surface area contributed by atoms with Crippen molar-refractivity contribution >= 4 is 0 Å². The van der Waals surface area contributed by atoms with E-state index < -0.39 is 0 Å². The van der Waals surface area contributed by atoms with Crippen LogP contribution in [0, 0.1) is 0 Å². The van der Waals surface area contributed by atoms with E-state index in [2.05, 4.69) is 64.2 Å². The summed E-state index contributed by atoms with van der Waals surface area (Å²) >= 11 is 0. The Morgan fingerprint density at radius 2 is 1.95 bits per heavy atom. The molecule has 1 atom stereocenters. The monoisotopic (exact) mass is 263 g/mol. The Kier molecular flexibility index (Phi) is 6.36. The molecule has 1 aromatic rings. The number of hydrogen-bond donors (Lipinski definition) is 1. The topological polar surface area (TPSA) is 21.3 Å². The fourth-order valence-electron chi connectivity index (χ4n) is 2.06. The van der Waals surface area contributed by atoms with Crippen LogP contribution < -0.4 is 10.1 Å². The van der Waals surface area contributed by atoms with Gasteiger partial charge < -0.3 is 10.1 Å². The van der Waals surface area contributed by atoms with Gasteiger partial charge in [0.15, 0.2) is 0 Å². The zero-order valence-corrected chi connectivity index (χ0v) is 13.1. The smallest absolute Gasteiger partial charge is 0.120 e. The quantitative estimate of drug-likeness (QED) is 0.798. The minimum Gasteiger partial charge on any atom is -0.489 e. The molecule has 1 rings (SSSR count). The molecular formula is C17H29NO. The lowest BCUT2D eigenvalue weighted by Gasteiger charge is -2.22. The molecule has 0 bridgehead atoms. The largest absolute Gasteiger partial charge is 0.489 e. The lowest BCUT2D eigenvalue weighted by Crippen LogP contribution is -2.31. The number of hydrogen-bond acceptors (Lipinski definition) is 2. The molecule has 0 aliphatic rings. The van der Waals surface area contributed by atoms with E-state index in [0.29, 0.717) is 0 Å². The highest BCUT2D eigenvalue weighted by Crippen LogP contribution is 2.26. The minimum atomic E-state index is 0.168. The molecule has 108 valence electrons. The van der Waals surface area contributed by atoms with Crippen molar-refractivity contribution in [1.82, 2.24) is 5.32 Å². The summed E-state index contributed by atoms with van der Waals surface area (Å²) in [6, 6.07) is 8.50. The second-order valence-electron chi connectivity index (χ2n) is 6.11. The number of rotatable bonds is 7. The third kappa shape index (κ3) is 5.65. The Morgan fingerprint density at radius 3 is 2.53 bits per heavy atom. The fraction of sp³-hybridized carbons (Fsp3) is 0.647. The normalized spacial score (nSPS) is 13.3. The molecule has 1 aromatic carbocycles. The molecule has 0 fully saturated rings. The average Bonchev–Trinajstić information content (AvgIpc) is 2.35. The number of likely N-dealkylation sites (N-methyl/N-ethyl adjacent to an activating group) is 1. The molecule has 19 heavy (non-hydrogen) atoms. The molecule has 0 spiro atoms. The van der Waals surface area contributed by atoms with E-state index in [9.17, 15) is 0 Å². The first-order valence-corrected chi connectivity index (χ1v) is 7.45. The van der Waals surface area contributed by atoms with Crippen molar-refractivity contribution in [3.8, 4) is 5.75 Å². The van der Waals surface area contributed by atoms with Crippen LogP contribution in [0.3, 0.4) is 0 Å². The first-order valence-electron chi connectivity index (χ1n) is 7.45. The molecule has 0 saturated heterocycles. The molecule has 0 saturated carbocycles. The van der Waals surface area contributed by atoms with Crippen LogP contribution in [-0.2, 0) is 5.41 Å². The summed E-state index contributed by atoms with van der Waals surface area (Å²) in [5.41, 5.74) is 1.49. The molecule has 0 amide bonds.